The van der Waals surface area contributed by atoms with Gasteiger partial charge in [0.2, 0.25) is 0 Å². The smallest absolute Gasteiger partial charge is 0.158 e. The number of rotatable bonds is 2. The third-order valence-corrected chi connectivity index (χ3v) is 4.13. The summed E-state index contributed by atoms with van der Waals surface area (Å²) in [5.74, 6) is 1.41. The standard InChI is InChI=1S/C17H18N4/c1-12-3-4-16(13(2)7-12)14-5-6-21(11-14)17-10-19-15(8-18)9-20-17/h3-4,7,9-10,14H,5-6,11H2,1-2H3/t14-/m0/s1. The molecule has 1 fully saturated rings. The van der Waals surface area contributed by atoms with Gasteiger partial charge in [-0.05, 0) is 31.4 Å². The normalized spacial score (nSPS) is 17.8. The number of aromatic nitrogens is 2. The molecule has 3 rings (SSSR count). The van der Waals surface area contributed by atoms with Crippen molar-refractivity contribution in [2.24, 2.45) is 0 Å². The fourth-order valence-electron chi connectivity index (χ4n) is 3.05. The van der Waals surface area contributed by atoms with Gasteiger partial charge in [-0.3, -0.25) is 0 Å². The van der Waals surface area contributed by atoms with Crippen LogP contribution in [0.1, 0.15) is 34.7 Å². The highest BCUT2D eigenvalue weighted by Crippen LogP contribution is 2.31. The molecular formula is C17H18N4. The summed E-state index contributed by atoms with van der Waals surface area (Å²) in [5.41, 5.74) is 4.48. The van der Waals surface area contributed by atoms with E-state index < -0.39 is 0 Å². The summed E-state index contributed by atoms with van der Waals surface area (Å²) in [7, 11) is 0. The van der Waals surface area contributed by atoms with Gasteiger partial charge in [0.15, 0.2) is 5.69 Å². The average Bonchev–Trinajstić information content (AvgIpc) is 2.97. The predicted octanol–water partition coefficient (Wildman–Crippen LogP) is 2.96. The molecule has 0 N–H and O–H groups in total. The van der Waals surface area contributed by atoms with Crippen molar-refractivity contribution in [3.05, 3.63) is 53.0 Å². The fourth-order valence-corrected chi connectivity index (χ4v) is 3.05. The van der Waals surface area contributed by atoms with Gasteiger partial charge in [0.1, 0.15) is 11.9 Å². The molecule has 21 heavy (non-hydrogen) atoms. The summed E-state index contributed by atoms with van der Waals surface area (Å²) in [5, 5.41) is 8.77. The first-order valence-electron chi connectivity index (χ1n) is 7.21. The molecule has 106 valence electrons. The monoisotopic (exact) mass is 278 g/mol. The zero-order valence-corrected chi connectivity index (χ0v) is 12.4. The van der Waals surface area contributed by atoms with E-state index in [0.29, 0.717) is 11.6 Å². The lowest BCUT2D eigenvalue weighted by molar-refractivity contribution is 0.767. The quantitative estimate of drug-likeness (QED) is 0.847. The van der Waals surface area contributed by atoms with Crippen LogP contribution in [0.2, 0.25) is 0 Å². The largest absolute Gasteiger partial charge is 0.355 e. The van der Waals surface area contributed by atoms with E-state index in [1.165, 1.54) is 16.7 Å². The van der Waals surface area contributed by atoms with Crippen LogP contribution in [-0.2, 0) is 0 Å². The Balaban J connectivity index is 1.77. The molecule has 0 aliphatic carbocycles. The van der Waals surface area contributed by atoms with Crippen LogP contribution < -0.4 is 4.90 Å². The van der Waals surface area contributed by atoms with Gasteiger partial charge in [-0.2, -0.15) is 5.26 Å². The molecule has 2 aromatic rings. The molecule has 4 nitrogen and oxygen atoms in total. The summed E-state index contributed by atoms with van der Waals surface area (Å²) >= 11 is 0. The van der Waals surface area contributed by atoms with Crippen LogP contribution in [0.25, 0.3) is 0 Å². The highest BCUT2D eigenvalue weighted by Gasteiger charge is 2.25. The molecule has 0 radical (unpaired) electrons. The maximum atomic E-state index is 8.77. The van der Waals surface area contributed by atoms with Crippen LogP contribution >= 0.6 is 0 Å². The van der Waals surface area contributed by atoms with Crippen LogP contribution in [-0.4, -0.2) is 23.1 Å². The minimum atomic E-state index is 0.365. The van der Waals surface area contributed by atoms with E-state index in [4.69, 9.17) is 5.26 Å². The Morgan fingerprint density at radius 2 is 2.10 bits per heavy atom. The second kappa shape index (κ2) is 5.53. The van der Waals surface area contributed by atoms with Crippen LogP contribution in [0.5, 0.6) is 0 Å². The Labute approximate surface area is 125 Å². The van der Waals surface area contributed by atoms with Gasteiger partial charge in [-0.1, -0.05) is 23.8 Å². The van der Waals surface area contributed by atoms with Crippen molar-refractivity contribution in [1.29, 1.82) is 5.26 Å². The molecule has 0 unspecified atom stereocenters. The number of anilines is 1. The summed E-state index contributed by atoms with van der Waals surface area (Å²) in [4.78, 5) is 10.7. The minimum absolute atomic E-state index is 0.365. The Bertz CT molecular complexity index is 685. The first-order valence-corrected chi connectivity index (χ1v) is 7.21. The first-order chi connectivity index (χ1) is 10.2. The zero-order chi connectivity index (χ0) is 14.8. The van der Waals surface area contributed by atoms with Crippen molar-refractivity contribution in [3.8, 4) is 6.07 Å². The van der Waals surface area contributed by atoms with Gasteiger partial charge in [-0.15, -0.1) is 0 Å². The molecule has 0 spiro atoms. The Morgan fingerprint density at radius 3 is 2.76 bits per heavy atom. The van der Waals surface area contributed by atoms with Crippen molar-refractivity contribution in [2.45, 2.75) is 26.2 Å². The number of nitrogens with zero attached hydrogens (tertiary/aromatic N) is 4. The number of hydrogen-bond acceptors (Lipinski definition) is 4. The maximum absolute atomic E-state index is 8.77. The van der Waals surface area contributed by atoms with E-state index >= 15 is 0 Å². The van der Waals surface area contributed by atoms with Crippen LogP contribution in [0.3, 0.4) is 0 Å². The maximum Gasteiger partial charge on any atom is 0.158 e. The van der Waals surface area contributed by atoms with Crippen LogP contribution in [0.4, 0.5) is 5.82 Å². The molecular weight excluding hydrogens is 260 g/mol. The lowest BCUT2D eigenvalue weighted by atomic mass is 9.93. The molecule has 0 saturated carbocycles. The highest BCUT2D eigenvalue weighted by molar-refractivity contribution is 5.42. The molecule has 2 heterocycles. The van der Waals surface area contributed by atoms with E-state index in [0.717, 1.165) is 25.3 Å². The predicted molar refractivity (Wildman–Crippen MR) is 82.2 cm³/mol. The molecule has 1 aromatic carbocycles. The van der Waals surface area contributed by atoms with Gasteiger partial charge in [0.05, 0.1) is 12.4 Å². The Morgan fingerprint density at radius 1 is 1.24 bits per heavy atom. The van der Waals surface area contributed by atoms with Crippen molar-refractivity contribution < 1.29 is 0 Å². The molecule has 1 aromatic heterocycles. The zero-order valence-electron chi connectivity index (χ0n) is 12.4. The lowest BCUT2D eigenvalue weighted by Crippen LogP contribution is -2.20. The second-order valence-electron chi connectivity index (χ2n) is 5.66. The van der Waals surface area contributed by atoms with Gasteiger partial charge >= 0.3 is 0 Å². The summed E-state index contributed by atoms with van der Waals surface area (Å²) < 4.78 is 0. The summed E-state index contributed by atoms with van der Waals surface area (Å²) in [6.07, 6.45) is 4.37. The van der Waals surface area contributed by atoms with Crippen molar-refractivity contribution >= 4 is 5.82 Å². The van der Waals surface area contributed by atoms with Crippen molar-refractivity contribution in [1.82, 2.24) is 9.97 Å². The van der Waals surface area contributed by atoms with E-state index in [1.54, 1.807) is 12.4 Å². The summed E-state index contributed by atoms with van der Waals surface area (Å²) in [6.45, 7) is 6.26. The van der Waals surface area contributed by atoms with Gasteiger partial charge < -0.3 is 4.90 Å². The van der Waals surface area contributed by atoms with Crippen LogP contribution in [0.15, 0.2) is 30.6 Å². The van der Waals surface area contributed by atoms with Crippen molar-refractivity contribution in [3.63, 3.8) is 0 Å². The topological polar surface area (TPSA) is 52.8 Å². The molecule has 1 aliphatic heterocycles. The molecule has 0 bridgehead atoms. The number of benzene rings is 1. The fraction of sp³-hybridized carbons (Fsp3) is 0.353. The molecule has 1 atom stereocenters. The van der Waals surface area contributed by atoms with Crippen LogP contribution in [0, 0.1) is 25.2 Å². The van der Waals surface area contributed by atoms with E-state index in [2.05, 4.69) is 46.9 Å². The second-order valence-corrected chi connectivity index (χ2v) is 5.66. The SMILES string of the molecule is Cc1ccc([C@H]2CCN(c3cnc(C#N)cn3)C2)c(C)c1. The van der Waals surface area contributed by atoms with Gasteiger partial charge in [0.25, 0.3) is 0 Å². The molecule has 1 saturated heterocycles. The third kappa shape index (κ3) is 2.73. The minimum Gasteiger partial charge on any atom is -0.355 e. The Hall–Kier alpha value is -2.41. The lowest BCUT2D eigenvalue weighted by Gasteiger charge is -2.18. The third-order valence-electron chi connectivity index (χ3n) is 4.13. The highest BCUT2D eigenvalue weighted by atomic mass is 15.2. The number of aryl methyl sites for hydroxylation is 2. The average molecular weight is 278 g/mol. The molecule has 4 heteroatoms. The van der Waals surface area contributed by atoms with E-state index in [-0.39, 0.29) is 0 Å². The summed E-state index contributed by atoms with van der Waals surface area (Å²) in [6, 6.07) is 8.69. The van der Waals surface area contributed by atoms with Gasteiger partial charge in [0, 0.05) is 19.0 Å². The van der Waals surface area contributed by atoms with E-state index in [9.17, 15) is 0 Å². The number of nitriles is 1. The van der Waals surface area contributed by atoms with E-state index in [1.807, 2.05) is 6.07 Å². The molecule has 1 aliphatic rings. The van der Waals surface area contributed by atoms with Crippen molar-refractivity contribution in [2.75, 3.05) is 18.0 Å². The van der Waals surface area contributed by atoms with Gasteiger partial charge in [-0.25, -0.2) is 9.97 Å². The Kier molecular flexibility index (Phi) is 3.57. The number of hydrogen-bond donors (Lipinski definition) is 0. The molecule has 0 amide bonds. The first kappa shape index (κ1) is 13.6.